The van der Waals surface area contributed by atoms with Gasteiger partial charge in [-0.05, 0) is 6.42 Å². The average molecular weight is 737 g/mol. The molecule has 0 aromatic rings. The maximum Gasteiger partial charge on any atom is 0.100 e. The number of unbranched alkanes of at least 4 members (excludes halogenated alkanes) is 28. The Kier molecular flexibility index (Phi) is 55.9. The van der Waals surface area contributed by atoms with Crippen molar-refractivity contribution < 1.29 is 40.1 Å². The van der Waals surface area contributed by atoms with Gasteiger partial charge in [0.25, 0.3) is 0 Å². The van der Waals surface area contributed by atoms with Crippen LogP contribution in [0.2, 0.25) is 0 Å². The van der Waals surface area contributed by atoms with Crippen molar-refractivity contribution in [2.75, 3.05) is 46.2 Å². The molecule has 3 unspecified atom stereocenters. The van der Waals surface area contributed by atoms with Crippen LogP contribution >= 0.6 is 0 Å². The first-order valence-corrected chi connectivity index (χ1v) is 21.9. The molecule has 0 aliphatic carbocycles. The summed E-state index contributed by atoms with van der Waals surface area (Å²) < 4.78 is 10.0. The first-order chi connectivity index (χ1) is 24.9. The van der Waals surface area contributed by atoms with E-state index in [1.165, 1.54) is 186 Å². The molecule has 6 N–H and O–H groups in total. The van der Waals surface area contributed by atoms with Crippen molar-refractivity contribution in [3.8, 4) is 0 Å². The molecule has 0 aromatic heterocycles. The van der Waals surface area contributed by atoms with Crippen LogP contribution in [0.3, 0.4) is 0 Å². The van der Waals surface area contributed by atoms with Crippen molar-refractivity contribution in [3.63, 3.8) is 0 Å². The number of hydrogen-bond donors (Lipinski definition) is 6. The van der Waals surface area contributed by atoms with Gasteiger partial charge in [0.05, 0.1) is 39.6 Å². The molecule has 0 amide bonds. The molecule has 0 aliphatic rings. The highest BCUT2D eigenvalue weighted by molar-refractivity contribution is 4.54. The van der Waals surface area contributed by atoms with Crippen LogP contribution in [0.1, 0.15) is 213 Å². The third-order valence-corrected chi connectivity index (χ3v) is 9.16. The molecule has 3 atom stereocenters. The maximum atomic E-state index is 9.12. The fourth-order valence-electron chi connectivity index (χ4n) is 5.74. The van der Waals surface area contributed by atoms with E-state index in [4.69, 9.17) is 40.1 Å². The Morgan fingerprint density at radius 3 is 0.706 bits per heavy atom. The van der Waals surface area contributed by atoms with Crippen molar-refractivity contribution >= 4 is 0 Å². The van der Waals surface area contributed by atoms with E-state index in [2.05, 4.69) is 20.8 Å². The molecule has 0 saturated carbocycles. The van der Waals surface area contributed by atoms with E-state index in [0.717, 1.165) is 6.42 Å². The Morgan fingerprint density at radius 2 is 0.490 bits per heavy atom. The molecule has 51 heavy (non-hydrogen) atoms. The summed E-state index contributed by atoms with van der Waals surface area (Å²) in [7, 11) is 0. The van der Waals surface area contributed by atoms with Crippen LogP contribution in [0.5, 0.6) is 0 Å². The Labute approximate surface area is 317 Å². The summed E-state index contributed by atoms with van der Waals surface area (Å²) in [5.41, 5.74) is 0. The molecule has 0 fully saturated rings. The molecule has 312 valence electrons. The van der Waals surface area contributed by atoms with E-state index in [0.29, 0.717) is 6.61 Å². The minimum Gasteiger partial charge on any atom is -0.394 e. The largest absolute Gasteiger partial charge is 0.394 e. The highest BCUT2D eigenvalue weighted by atomic mass is 16.5. The van der Waals surface area contributed by atoms with E-state index in [9.17, 15) is 0 Å². The normalized spacial score (nSPS) is 12.9. The highest BCUT2D eigenvalue weighted by Crippen LogP contribution is 2.14. The molecule has 0 spiro atoms. The topological polar surface area (TPSA) is 140 Å². The molecule has 0 rings (SSSR count). The minimum atomic E-state index is -0.916. The van der Waals surface area contributed by atoms with Gasteiger partial charge in [-0.25, -0.2) is 0 Å². The predicted molar refractivity (Wildman–Crippen MR) is 216 cm³/mol. The van der Waals surface area contributed by atoms with Gasteiger partial charge in [0.15, 0.2) is 0 Å². The summed E-state index contributed by atoms with van der Waals surface area (Å²) in [5.74, 6) is 0. The van der Waals surface area contributed by atoms with E-state index in [1.54, 1.807) is 0 Å². The van der Waals surface area contributed by atoms with Crippen LogP contribution < -0.4 is 0 Å². The van der Waals surface area contributed by atoms with Crippen molar-refractivity contribution in [3.05, 3.63) is 0 Å². The van der Waals surface area contributed by atoms with Crippen LogP contribution in [-0.4, -0.2) is 95.2 Å². The van der Waals surface area contributed by atoms with Gasteiger partial charge in [-0.1, -0.05) is 207 Å². The summed E-state index contributed by atoms with van der Waals surface area (Å²) in [6.07, 6.45) is 39.8. The molecule has 0 heterocycles. The second kappa shape index (κ2) is 51.8. The zero-order chi connectivity index (χ0) is 38.3. The van der Waals surface area contributed by atoms with Gasteiger partial charge >= 0.3 is 0 Å². The fourth-order valence-corrected chi connectivity index (χ4v) is 5.74. The zero-order valence-electron chi connectivity index (χ0n) is 34.4. The van der Waals surface area contributed by atoms with Crippen molar-refractivity contribution in [1.29, 1.82) is 0 Å². The lowest BCUT2D eigenvalue weighted by Gasteiger charge is -2.10. The van der Waals surface area contributed by atoms with Gasteiger partial charge in [0.1, 0.15) is 18.3 Å². The SMILES string of the molecule is CCCCCCCCCCCCCCCC.CCCCCCCCCCCCCCCCCCOCC(O)CO.OCC(O)COCC(O)CO. The van der Waals surface area contributed by atoms with E-state index >= 15 is 0 Å². The van der Waals surface area contributed by atoms with Gasteiger partial charge in [-0.2, -0.15) is 0 Å². The van der Waals surface area contributed by atoms with Gasteiger partial charge in [0, 0.05) is 6.61 Å². The Balaban J connectivity index is -0.000000735. The number of hydrogen-bond acceptors (Lipinski definition) is 8. The van der Waals surface area contributed by atoms with Gasteiger partial charge in [0.2, 0.25) is 0 Å². The van der Waals surface area contributed by atoms with Crippen LogP contribution in [0.4, 0.5) is 0 Å². The molecular formula is C43H92O8. The van der Waals surface area contributed by atoms with Crippen LogP contribution in [-0.2, 0) is 9.47 Å². The summed E-state index contributed by atoms with van der Waals surface area (Å²) in [4.78, 5) is 0. The highest BCUT2D eigenvalue weighted by Gasteiger charge is 2.05. The smallest absolute Gasteiger partial charge is 0.100 e. The van der Waals surface area contributed by atoms with Gasteiger partial charge < -0.3 is 40.1 Å². The Hall–Kier alpha value is -0.320. The molecule has 0 radical (unpaired) electrons. The molecule has 0 saturated heterocycles. The average Bonchev–Trinajstić information content (AvgIpc) is 3.15. The molecule has 0 bridgehead atoms. The van der Waals surface area contributed by atoms with Crippen LogP contribution in [0.15, 0.2) is 0 Å². The fraction of sp³-hybridized carbons (Fsp3) is 1.00. The Morgan fingerprint density at radius 1 is 0.294 bits per heavy atom. The summed E-state index contributed by atoms with van der Waals surface area (Å²) in [6, 6.07) is 0. The number of ether oxygens (including phenoxy) is 2. The quantitative estimate of drug-likeness (QED) is 0.0343. The van der Waals surface area contributed by atoms with Crippen molar-refractivity contribution in [2.45, 2.75) is 232 Å². The summed E-state index contributed by atoms with van der Waals surface area (Å²) >= 11 is 0. The third-order valence-electron chi connectivity index (χ3n) is 9.16. The van der Waals surface area contributed by atoms with Crippen molar-refractivity contribution in [2.24, 2.45) is 0 Å². The van der Waals surface area contributed by atoms with Crippen LogP contribution in [0.25, 0.3) is 0 Å². The lowest BCUT2D eigenvalue weighted by atomic mass is 10.0. The first kappa shape index (κ1) is 55.0. The van der Waals surface area contributed by atoms with Crippen molar-refractivity contribution in [1.82, 2.24) is 0 Å². The predicted octanol–water partition coefficient (Wildman–Crippen LogP) is 9.81. The van der Waals surface area contributed by atoms with Gasteiger partial charge in [-0.3, -0.25) is 0 Å². The van der Waals surface area contributed by atoms with E-state index < -0.39 is 18.3 Å². The standard InChI is InChI=1S/C21H44O3.C16H34.C6H14O5/c1-2-3-4-5-6-7-8-9-10-11-12-13-14-15-16-17-18-24-20-21(23)19-22;1-3-5-7-9-11-13-15-16-14-12-10-8-6-4-2;7-1-5(9)3-11-4-6(10)2-8/h21-23H,2-20H2,1H3;3-16H2,1-2H3;5-10H,1-4H2. The number of aliphatic hydroxyl groups is 6. The first-order valence-electron chi connectivity index (χ1n) is 21.9. The second-order valence-corrected chi connectivity index (χ2v) is 14.7. The molecule has 0 aromatic carbocycles. The third kappa shape index (κ3) is 56.6. The second-order valence-electron chi connectivity index (χ2n) is 14.7. The number of aliphatic hydroxyl groups excluding tert-OH is 6. The zero-order valence-corrected chi connectivity index (χ0v) is 34.4. The summed E-state index contributed by atoms with van der Waals surface area (Å²) in [6.45, 7) is 6.81. The molecule has 0 aliphatic heterocycles. The monoisotopic (exact) mass is 737 g/mol. The van der Waals surface area contributed by atoms with Crippen LogP contribution in [0, 0.1) is 0 Å². The van der Waals surface area contributed by atoms with Gasteiger partial charge in [-0.15, -0.1) is 0 Å². The molecule has 8 nitrogen and oxygen atoms in total. The molecule has 8 heteroatoms. The molecular weight excluding hydrogens is 644 g/mol. The minimum absolute atomic E-state index is 0.0342. The maximum absolute atomic E-state index is 9.12. The number of rotatable bonds is 39. The van der Waals surface area contributed by atoms with E-state index in [1.807, 2.05) is 0 Å². The Bertz CT molecular complexity index is 544. The summed E-state index contributed by atoms with van der Waals surface area (Å²) in [5, 5.41) is 51.8. The van der Waals surface area contributed by atoms with E-state index in [-0.39, 0.29) is 39.6 Å². The lowest BCUT2D eigenvalue weighted by Crippen LogP contribution is -2.25. The lowest BCUT2D eigenvalue weighted by molar-refractivity contribution is -0.0364.